The van der Waals surface area contributed by atoms with E-state index in [0.717, 1.165) is 29.7 Å². The van der Waals surface area contributed by atoms with Gasteiger partial charge in [0.25, 0.3) is 5.91 Å². The number of carbonyl (C=O) groups is 1. The Morgan fingerprint density at radius 2 is 2.04 bits per heavy atom. The van der Waals surface area contributed by atoms with Gasteiger partial charge in [0.05, 0.1) is 17.6 Å². The van der Waals surface area contributed by atoms with E-state index in [1.807, 2.05) is 24.3 Å². The summed E-state index contributed by atoms with van der Waals surface area (Å²) in [6, 6.07) is 13.2. The molecule has 0 atom stereocenters. The summed E-state index contributed by atoms with van der Waals surface area (Å²) in [4.78, 5) is 20.6. The highest BCUT2D eigenvalue weighted by molar-refractivity contribution is 5.92. The summed E-state index contributed by atoms with van der Waals surface area (Å²) in [7, 11) is 0. The number of aromatic nitrogens is 3. The molecule has 3 rings (SSSR count). The van der Waals surface area contributed by atoms with Crippen LogP contribution in [0, 0.1) is 12.3 Å². The van der Waals surface area contributed by atoms with E-state index in [4.69, 9.17) is 6.42 Å². The molecule has 0 fully saturated rings. The summed E-state index contributed by atoms with van der Waals surface area (Å²) in [5.41, 5.74) is 2.42. The zero-order valence-corrected chi connectivity index (χ0v) is 13.3. The van der Waals surface area contributed by atoms with Crippen LogP contribution in [0.3, 0.4) is 0 Å². The molecule has 5 nitrogen and oxygen atoms in total. The summed E-state index contributed by atoms with van der Waals surface area (Å²) >= 11 is 0. The van der Waals surface area contributed by atoms with Gasteiger partial charge < -0.3 is 9.88 Å². The predicted octanol–water partition coefficient (Wildman–Crippen LogP) is 2.43. The van der Waals surface area contributed by atoms with E-state index in [0.29, 0.717) is 18.8 Å². The number of benzene rings is 1. The number of terminal acetylenes is 1. The van der Waals surface area contributed by atoms with Gasteiger partial charge in [-0.15, -0.1) is 6.42 Å². The number of para-hydroxylation sites is 2. The minimum Gasteiger partial charge on any atom is -0.351 e. The lowest BCUT2D eigenvalue weighted by atomic mass is 10.2. The zero-order chi connectivity index (χ0) is 16.8. The van der Waals surface area contributed by atoms with Gasteiger partial charge in [-0.3, -0.25) is 9.78 Å². The number of amides is 1. The third kappa shape index (κ3) is 3.44. The molecule has 0 bridgehead atoms. The third-order valence-electron chi connectivity index (χ3n) is 3.74. The number of imidazole rings is 1. The van der Waals surface area contributed by atoms with Crippen LogP contribution in [0.25, 0.3) is 11.0 Å². The lowest BCUT2D eigenvalue weighted by Gasteiger charge is -2.06. The first-order chi connectivity index (χ1) is 11.8. The van der Waals surface area contributed by atoms with Gasteiger partial charge in [-0.25, -0.2) is 4.98 Å². The van der Waals surface area contributed by atoms with Gasteiger partial charge in [-0.2, -0.15) is 0 Å². The second kappa shape index (κ2) is 7.42. The van der Waals surface area contributed by atoms with Crippen molar-refractivity contribution in [2.24, 2.45) is 0 Å². The van der Waals surface area contributed by atoms with Gasteiger partial charge in [0.15, 0.2) is 0 Å². The minimum absolute atomic E-state index is 0.160. The fourth-order valence-electron chi connectivity index (χ4n) is 2.62. The van der Waals surface area contributed by atoms with E-state index in [2.05, 4.69) is 25.8 Å². The highest BCUT2D eigenvalue weighted by Crippen LogP contribution is 2.16. The van der Waals surface area contributed by atoms with Gasteiger partial charge >= 0.3 is 0 Å². The summed E-state index contributed by atoms with van der Waals surface area (Å²) in [6.07, 6.45) is 8.62. The Bertz CT molecular complexity index is 877. The quantitative estimate of drug-likeness (QED) is 0.561. The fourth-order valence-corrected chi connectivity index (χ4v) is 2.62. The largest absolute Gasteiger partial charge is 0.351 e. The summed E-state index contributed by atoms with van der Waals surface area (Å²) in [5.74, 6) is 3.46. The molecule has 0 saturated carbocycles. The Morgan fingerprint density at radius 3 is 2.83 bits per heavy atom. The molecule has 5 heteroatoms. The van der Waals surface area contributed by atoms with Crippen LogP contribution in [0.4, 0.5) is 0 Å². The van der Waals surface area contributed by atoms with Gasteiger partial charge in [0, 0.05) is 19.2 Å². The SMILES string of the molecule is C#CCn1c(CCCNC(=O)c2ccccn2)nc2ccccc21. The molecule has 1 aromatic carbocycles. The third-order valence-corrected chi connectivity index (χ3v) is 3.74. The molecule has 2 heterocycles. The first kappa shape index (κ1) is 15.8. The number of nitrogens with one attached hydrogen (secondary N) is 1. The molecule has 1 amide bonds. The maximum absolute atomic E-state index is 11.9. The first-order valence-corrected chi connectivity index (χ1v) is 7.86. The van der Waals surface area contributed by atoms with Gasteiger partial charge in [-0.1, -0.05) is 24.1 Å². The molecule has 0 aliphatic carbocycles. The Morgan fingerprint density at radius 1 is 1.21 bits per heavy atom. The van der Waals surface area contributed by atoms with Crippen molar-refractivity contribution in [3.8, 4) is 12.3 Å². The molecule has 0 spiro atoms. The number of pyridine rings is 1. The number of fused-ring (bicyclic) bond motifs is 1. The molecular formula is C19H18N4O. The Labute approximate surface area is 140 Å². The number of rotatable bonds is 6. The molecule has 1 N–H and O–H groups in total. The maximum Gasteiger partial charge on any atom is 0.269 e. The van der Waals surface area contributed by atoms with Crippen LogP contribution < -0.4 is 5.32 Å². The predicted molar refractivity (Wildman–Crippen MR) is 93.5 cm³/mol. The van der Waals surface area contributed by atoms with E-state index >= 15 is 0 Å². The van der Waals surface area contributed by atoms with Crippen molar-refractivity contribution >= 4 is 16.9 Å². The minimum atomic E-state index is -0.160. The van der Waals surface area contributed by atoms with Crippen molar-refractivity contribution in [3.05, 3.63) is 60.2 Å². The van der Waals surface area contributed by atoms with E-state index in [-0.39, 0.29) is 5.91 Å². The van der Waals surface area contributed by atoms with Crippen molar-refractivity contribution in [2.45, 2.75) is 19.4 Å². The Balaban J connectivity index is 1.61. The second-order valence-electron chi connectivity index (χ2n) is 5.38. The average Bonchev–Trinajstić information content (AvgIpc) is 2.97. The van der Waals surface area contributed by atoms with Crippen LogP contribution in [0.1, 0.15) is 22.7 Å². The molecule has 120 valence electrons. The highest BCUT2D eigenvalue weighted by atomic mass is 16.1. The number of hydrogen-bond donors (Lipinski definition) is 1. The summed E-state index contributed by atoms with van der Waals surface area (Å²) in [5, 5.41) is 2.88. The van der Waals surface area contributed by atoms with Crippen LogP contribution in [-0.4, -0.2) is 27.0 Å². The highest BCUT2D eigenvalue weighted by Gasteiger charge is 2.10. The number of aryl methyl sites for hydroxylation is 1. The maximum atomic E-state index is 11.9. The smallest absolute Gasteiger partial charge is 0.269 e. The van der Waals surface area contributed by atoms with Crippen LogP contribution in [0.15, 0.2) is 48.7 Å². The molecule has 0 radical (unpaired) electrons. The van der Waals surface area contributed by atoms with Crippen LogP contribution >= 0.6 is 0 Å². The van der Waals surface area contributed by atoms with Gasteiger partial charge in [0.2, 0.25) is 0 Å². The topological polar surface area (TPSA) is 59.8 Å². The van der Waals surface area contributed by atoms with Gasteiger partial charge in [-0.05, 0) is 30.7 Å². The second-order valence-corrected chi connectivity index (χ2v) is 5.38. The van der Waals surface area contributed by atoms with Crippen LogP contribution in [0.5, 0.6) is 0 Å². The average molecular weight is 318 g/mol. The van der Waals surface area contributed by atoms with Gasteiger partial charge in [0.1, 0.15) is 11.5 Å². The molecule has 3 aromatic rings. The van der Waals surface area contributed by atoms with Crippen molar-refractivity contribution < 1.29 is 4.79 Å². The molecule has 2 aromatic heterocycles. The van der Waals surface area contributed by atoms with Crippen LogP contribution in [0.2, 0.25) is 0 Å². The molecule has 24 heavy (non-hydrogen) atoms. The molecule has 0 aliphatic heterocycles. The molecule has 0 saturated heterocycles. The molecule has 0 aliphatic rings. The summed E-state index contributed by atoms with van der Waals surface area (Å²) in [6.45, 7) is 1.06. The lowest BCUT2D eigenvalue weighted by molar-refractivity contribution is 0.0948. The fraction of sp³-hybridized carbons (Fsp3) is 0.211. The molecule has 0 unspecified atom stereocenters. The Hall–Kier alpha value is -3.13. The standard InChI is InChI=1S/C19H18N4O/c1-2-14-23-17-10-4-3-8-15(17)22-18(23)11-7-13-21-19(24)16-9-5-6-12-20-16/h1,3-6,8-10,12H,7,11,13-14H2,(H,21,24). The zero-order valence-electron chi connectivity index (χ0n) is 13.3. The van der Waals surface area contributed by atoms with Crippen molar-refractivity contribution in [1.29, 1.82) is 0 Å². The lowest BCUT2D eigenvalue weighted by Crippen LogP contribution is -2.25. The number of carbonyl (C=O) groups excluding carboxylic acids is 1. The van der Waals surface area contributed by atoms with E-state index in [1.165, 1.54) is 0 Å². The summed E-state index contributed by atoms with van der Waals surface area (Å²) < 4.78 is 2.05. The first-order valence-electron chi connectivity index (χ1n) is 7.86. The number of hydrogen-bond acceptors (Lipinski definition) is 3. The van der Waals surface area contributed by atoms with Crippen LogP contribution in [-0.2, 0) is 13.0 Å². The van der Waals surface area contributed by atoms with E-state index in [1.54, 1.807) is 24.4 Å². The normalized spacial score (nSPS) is 10.5. The van der Waals surface area contributed by atoms with E-state index in [9.17, 15) is 4.79 Å². The number of nitrogens with zero attached hydrogens (tertiary/aromatic N) is 3. The monoisotopic (exact) mass is 318 g/mol. The Kier molecular flexibility index (Phi) is 4.87. The van der Waals surface area contributed by atoms with E-state index < -0.39 is 0 Å². The van der Waals surface area contributed by atoms with Crippen molar-refractivity contribution in [2.75, 3.05) is 6.54 Å². The van der Waals surface area contributed by atoms with Crippen molar-refractivity contribution in [1.82, 2.24) is 19.9 Å². The molecular weight excluding hydrogens is 300 g/mol. The van der Waals surface area contributed by atoms with Crippen molar-refractivity contribution in [3.63, 3.8) is 0 Å².